The van der Waals surface area contributed by atoms with Crippen molar-refractivity contribution in [3.63, 3.8) is 0 Å². The molecular weight excluding hydrogens is 368 g/mol. The molecule has 1 aromatic carbocycles. The molecule has 7 nitrogen and oxygen atoms in total. The van der Waals surface area contributed by atoms with Crippen molar-refractivity contribution < 1.29 is 14.0 Å². The normalized spacial score (nSPS) is 10.6. The average Bonchev–Trinajstić information content (AvgIpc) is 3.37. The zero-order valence-corrected chi connectivity index (χ0v) is 16.2. The molecule has 3 rings (SSSR count). The van der Waals surface area contributed by atoms with Crippen LogP contribution in [0, 0.1) is 0 Å². The first kappa shape index (κ1) is 20.1. The summed E-state index contributed by atoms with van der Waals surface area (Å²) in [4.78, 5) is 31.2. The summed E-state index contributed by atoms with van der Waals surface area (Å²) in [6, 6.07) is 10.9. The van der Waals surface area contributed by atoms with Gasteiger partial charge in [-0.05, 0) is 24.3 Å². The van der Waals surface area contributed by atoms with E-state index in [1.54, 1.807) is 29.2 Å². The van der Waals surface area contributed by atoms with Crippen LogP contribution in [0.2, 0.25) is 0 Å². The zero-order chi connectivity index (χ0) is 20.6. The summed E-state index contributed by atoms with van der Waals surface area (Å²) in [5.41, 5.74) is 1.69. The highest BCUT2D eigenvalue weighted by Crippen LogP contribution is 2.17. The summed E-state index contributed by atoms with van der Waals surface area (Å²) < 4.78 is 6.99. The average molecular weight is 392 g/mol. The molecular formula is C22H24N4O3. The van der Waals surface area contributed by atoms with Crippen molar-refractivity contribution in [2.24, 2.45) is 0 Å². The summed E-state index contributed by atoms with van der Waals surface area (Å²) in [5, 5.41) is 2.81. The van der Waals surface area contributed by atoms with Gasteiger partial charge in [-0.3, -0.25) is 9.59 Å². The van der Waals surface area contributed by atoms with E-state index in [4.69, 9.17) is 4.42 Å². The Hall–Kier alpha value is -3.61. The van der Waals surface area contributed by atoms with Crippen molar-refractivity contribution >= 4 is 22.8 Å². The number of aromatic nitrogens is 2. The number of carbonyl (C=O) groups excluding carboxylic acids is 2. The third kappa shape index (κ3) is 4.82. The van der Waals surface area contributed by atoms with Crippen molar-refractivity contribution in [2.75, 3.05) is 19.6 Å². The lowest BCUT2D eigenvalue weighted by Gasteiger charge is -2.20. The molecule has 0 saturated heterocycles. The van der Waals surface area contributed by atoms with Gasteiger partial charge < -0.3 is 19.2 Å². The van der Waals surface area contributed by atoms with Gasteiger partial charge in [0.25, 0.3) is 5.91 Å². The molecule has 2 heterocycles. The molecule has 1 N–H and O–H groups in total. The summed E-state index contributed by atoms with van der Waals surface area (Å²) in [7, 11) is 0. The molecule has 150 valence electrons. The molecule has 0 fully saturated rings. The zero-order valence-electron chi connectivity index (χ0n) is 16.2. The van der Waals surface area contributed by atoms with Gasteiger partial charge in [-0.15, -0.1) is 13.2 Å². The third-order valence-corrected chi connectivity index (χ3v) is 4.46. The van der Waals surface area contributed by atoms with Crippen LogP contribution in [0.5, 0.6) is 0 Å². The summed E-state index contributed by atoms with van der Waals surface area (Å²) >= 11 is 0. The minimum atomic E-state index is -0.281. The summed E-state index contributed by atoms with van der Waals surface area (Å²) in [5.74, 6) is 0.667. The lowest BCUT2D eigenvalue weighted by molar-refractivity contribution is -0.130. The topological polar surface area (TPSA) is 80.4 Å². The van der Waals surface area contributed by atoms with Crippen molar-refractivity contribution in [1.29, 1.82) is 0 Å². The Morgan fingerprint density at radius 3 is 2.59 bits per heavy atom. The lowest BCUT2D eigenvalue weighted by atomic mass is 10.3. The van der Waals surface area contributed by atoms with E-state index in [0.717, 1.165) is 16.9 Å². The van der Waals surface area contributed by atoms with Crippen LogP contribution in [0.15, 0.2) is 72.4 Å². The fourth-order valence-electron chi connectivity index (χ4n) is 3.10. The monoisotopic (exact) mass is 392 g/mol. The van der Waals surface area contributed by atoms with Crippen LogP contribution in [0.3, 0.4) is 0 Å². The molecule has 0 unspecified atom stereocenters. The fraction of sp³-hybridized carbons (Fsp3) is 0.227. The Kier molecular flexibility index (Phi) is 6.63. The van der Waals surface area contributed by atoms with Gasteiger partial charge >= 0.3 is 0 Å². The van der Waals surface area contributed by atoms with E-state index in [2.05, 4.69) is 23.5 Å². The second-order valence-electron chi connectivity index (χ2n) is 6.46. The number of nitrogens with zero attached hydrogens (tertiary/aromatic N) is 3. The van der Waals surface area contributed by atoms with E-state index >= 15 is 0 Å². The molecule has 3 aromatic rings. The number of benzene rings is 1. The molecule has 0 aliphatic heterocycles. The molecule has 2 aromatic heterocycles. The number of hydrogen-bond acceptors (Lipinski definition) is 4. The molecule has 2 amide bonds. The quantitative estimate of drug-likeness (QED) is 0.538. The first-order valence-electron chi connectivity index (χ1n) is 9.39. The van der Waals surface area contributed by atoms with Crippen LogP contribution in [0.25, 0.3) is 11.0 Å². The number of para-hydroxylation sites is 2. The molecule has 29 heavy (non-hydrogen) atoms. The maximum absolute atomic E-state index is 12.8. The Morgan fingerprint density at radius 1 is 1.14 bits per heavy atom. The molecule has 0 aliphatic carbocycles. The van der Waals surface area contributed by atoms with Gasteiger partial charge in [0, 0.05) is 26.1 Å². The highest BCUT2D eigenvalue weighted by Gasteiger charge is 2.17. The highest BCUT2D eigenvalue weighted by atomic mass is 16.3. The van der Waals surface area contributed by atoms with Gasteiger partial charge in [-0.2, -0.15) is 0 Å². The minimum Gasteiger partial charge on any atom is -0.459 e. The molecule has 0 atom stereocenters. The number of hydrogen-bond donors (Lipinski definition) is 1. The van der Waals surface area contributed by atoms with Crippen molar-refractivity contribution in [3.8, 4) is 0 Å². The number of rotatable bonds is 10. The second kappa shape index (κ2) is 9.54. The van der Waals surface area contributed by atoms with Gasteiger partial charge in [0.2, 0.25) is 5.91 Å². The number of amides is 2. The van der Waals surface area contributed by atoms with Gasteiger partial charge in [0.15, 0.2) is 5.76 Å². The SMILES string of the molecule is C=CCN(CC=C)C(=O)Cn1c(CCNC(=O)c2ccco2)nc2ccccc21. The second-order valence-corrected chi connectivity index (χ2v) is 6.46. The van der Waals surface area contributed by atoms with E-state index in [9.17, 15) is 9.59 Å². The smallest absolute Gasteiger partial charge is 0.286 e. The lowest BCUT2D eigenvalue weighted by Crippen LogP contribution is -2.34. The number of furan rings is 1. The Morgan fingerprint density at radius 2 is 1.90 bits per heavy atom. The predicted molar refractivity (Wildman–Crippen MR) is 111 cm³/mol. The fourth-order valence-corrected chi connectivity index (χ4v) is 3.10. The summed E-state index contributed by atoms with van der Waals surface area (Å²) in [6.07, 6.45) is 5.33. The van der Waals surface area contributed by atoms with Gasteiger partial charge in [0.1, 0.15) is 12.4 Å². The Balaban J connectivity index is 1.76. The molecule has 7 heteroatoms. The number of nitrogens with one attached hydrogen (secondary N) is 1. The van der Waals surface area contributed by atoms with E-state index in [0.29, 0.717) is 26.1 Å². The van der Waals surface area contributed by atoms with Crippen LogP contribution in [-0.4, -0.2) is 45.9 Å². The largest absolute Gasteiger partial charge is 0.459 e. The molecule has 0 bridgehead atoms. The summed E-state index contributed by atoms with van der Waals surface area (Å²) in [6.45, 7) is 8.86. The molecule has 0 spiro atoms. The first-order chi connectivity index (χ1) is 14.1. The standard InChI is InChI=1S/C22H24N4O3/c1-3-13-25(14-4-2)21(27)16-26-18-9-6-5-8-17(18)24-20(26)11-12-23-22(28)19-10-7-15-29-19/h3-10,15H,1-2,11-14,16H2,(H,23,28). The number of carbonyl (C=O) groups is 2. The van der Waals surface area contributed by atoms with Crippen LogP contribution in [0.1, 0.15) is 16.4 Å². The number of imidazole rings is 1. The minimum absolute atomic E-state index is 0.0474. The third-order valence-electron chi connectivity index (χ3n) is 4.46. The van der Waals surface area contributed by atoms with E-state index in [-0.39, 0.29) is 24.1 Å². The van der Waals surface area contributed by atoms with Gasteiger partial charge in [-0.25, -0.2) is 4.98 Å². The molecule has 0 radical (unpaired) electrons. The Bertz CT molecular complexity index is 994. The van der Waals surface area contributed by atoms with Crippen molar-refractivity contribution in [1.82, 2.24) is 19.8 Å². The van der Waals surface area contributed by atoms with E-state index in [1.807, 2.05) is 28.8 Å². The van der Waals surface area contributed by atoms with Crippen LogP contribution >= 0.6 is 0 Å². The maximum atomic E-state index is 12.8. The molecule has 0 aliphatic rings. The van der Waals surface area contributed by atoms with Crippen LogP contribution in [0.4, 0.5) is 0 Å². The maximum Gasteiger partial charge on any atom is 0.286 e. The predicted octanol–water partition coefficient (Wildman–Crippen LogP) is 2.80. The molecule has 0 saturated carbocycles. The van der Waals surface area contributed by atoms with Crippen molar-refractivity contribution in [3.05, 3.63) is 79.6 Å². The highest BCUT2D eigenvalue weighted by molar-refractivity contribution is 5.91. The van der Waals surface area contributed by atoms with E-state index in [1.165, 1.54) is 6.26 Å². The van der Waals surface area contributed by atoms with E-state index < -0.39 is 0 Å². The van der Waals surface area contributed by atoms with Crippen molar-refractivity contribution in [2.45, 2.75) is 13.0 Å². The number of fused-ring (bicyclic) bond motifs is 1. The van der Waals surface area contributed by atoms with Gasteiger partial charge in [0.05, 0.1) is 17.3 Å². The van der Waals surface area contributed by atoms with Crippen LogP contribution < -0.4 is 5.32 Å². The Labute approximate surface area is 169 Å². The van der Waals surface area contributed by atoms with Crippen LogP contribution in [-0.2, 0) is 17.8 Å². The first-order valence-corrected chi connectivity index (χ1v) is 9.39. The van der Waals surface area contributed by atoms with Gasteiger partial charge in [-0.1, -0.05) is 24.3 Å².